The van der Waals surface area contributed by atoms with Crippen molar-refractivity contribution in [3.05, 3.63) is 12.4 Å². The number of aromatic nitrogens is 2. The molecule has 1 aromatic heterocycles. The summed E-state index contributed by atoms with van der Waals surface area (Å²) in [5.41, 5.74) is 5.56. The molecule has 0 aromatic carbocycles. The Kier molecular flexibility index (Phi) is 6.43. The van der Waals surface area contributed by atoms with Crippen molar-refractivity contribution >= 4 is 11.6 Å². The SMILES string of the molecule is CC(C)CCCNc1cc(NC(C)CN)ncn1. The molecule has 0 saturated carbocycles. The van der Waals surface area contributed by atoms with Crippen molar-refractivity contribution in [1.29, 1.82) is 0 Å². The number of nitrogens with zero attached hydrogens (tertiary/aromatic N) is 2. The average molecular weight is 251 g/mol. The molecule has 1 atom stereocenters. The minimum atomic E-state index is 0.216. The van der Waals surface area contributed by atoms with E-state index in [1.807, 2.05) is 13.0 Å². The molecule has 0 radical (unpaired) electrons. The average Bonchev–Trinajstić information content (AvgIpc) is 2.35. The second kappa shape index (κ2) is 7.87. The van der Waals surface area contributed by atoms with Crippen LogP contribution in [0.4, 0.5) is 11.6 Å². The number of rotatable bonds is 8. The molecule has 5 nitrogen and oxygen atoms in total. The van der Waals surface area contributed by atoms with E-state index in [2.05, 4.69) is 34.4 Å². The first kappa shape index (κ1) is 14.7. The molecule has 0 aliphatic heterocycles. The summed E-state index contributed by atoms with van der Waals surface area (Å²) in [6.45, 7) is 8.03. The molecule has 18 heavy (non-hydrogen) atoms. The van der Waals surface area contributed by atoms with Crippen LogP contribution in [0.5, 0.6) is 0 Å². The Bertz CT molecular complexity index is 340. The van der Waals surface area contributed by atoms with E-state index >= 15 is 0 Å². The summed E-state index contributed by atoms with van der Waals surface area (Å²) in [4.78, 5) is 8.36. The molecule has 0 amide bonds. The molecule has 102 valence electrons. The van der Waals surface area contributed by atoms with E-state index in [0.29, 0.717) is 6.54 Å². The topological polar surface area (TPSA) is 75.9 Å². The molecule has 5 heteroatoms. The summed E-state index contributed by atoms with van der Waals surface area (Å²) in [6, 6.07) is 2.13. The van der Waals surface area contributed by atoms with Crippen molar-refractivity contribution in [3.63, 3.8) is 0 Å². The third-order valence-electron chi connectivity index (χ3n) is 2.68. The predicted molar refractivity (Wildman–Crippen MR) is 76.7 cm³/mol. The summed E-state index contributed by atoms with van der Waals surface area (Å²) >= 11 is 0. The monoisotopic (exact) mass is 251 g/mol. The molecule has 1 heterocycles. The molecule has 4 N–H and O–H groups in total. The number of hydrogen-bond acceptors (Lipinski definition) is 5. The summed E-state index contributed by atoms with van der Waals surface area (Å²) in [7, 11) is 0. The van der Waals surface area contributed by atoms with Gasteiger partial charge in [-0.3, -0.25) is 0 Å². The fourth-order valence-electron chi connectivity index (χ4n) is 1.57. The first-order valence-corrected chi connectivity index (χ1v) is 6.64. The van der Waals surface area contributed by atoms with Gasteiger partial charge in [0.15, 0.2) is 0 Å². The molecule has 1 unspecified atom stereocenters. The highest BCUT2D eigenvalue weighted by molar-refractivity contribution is 5.46. The van der Waals surface area contributed by atoms with E-state index in [4.69, 9.17) is 5.73 Å². The molecule has 1 aromatic rings. The second-order valence-electron chi connectivity index (χ2n) is 5.03. The maximum absolute atomic E-state index is 5.56. The van der Waals surface area contributed by atoms with Crippen LogP contribution in [-0.2, 0) is 0 Å². The van der Waals surface area contributed by atoms with Gasteiger partial charge in [-0.1, -0.05) is 13.8 Å². The first-order chi connectivity index (χ1) is 8.61. The van der Waals surface area contributed by atoms with Crippen LogP contribution in [0.15, 0.2) is 12.4 Å². The van der Waals surface area contributed by atoms with Crippen molar-refractivity contribution in [2.45, 2.75) is 39.7 Å². The Morgan fingerprint density at radius 2 is 1.94 bits per heavy atom. The van der Waals surface area contributed by atoms with Crippen LogP contribution in [0.2, 0.25) is 0 Å². The highest BCUT2D eigenvalue weighted by atomic mass is 15.1. The second-order valence-corrected chi connectivity index (χ2v) is 5.03. The van der Waals surface area contributed by atoms with Gasteiger partial charge in [0.1, 0.15) is 18.0 Å². The maximum Gasteiger partial charge on any atom is 0.131 e. The van der Waals surface area contributed by atoms with Crippen molar-refractivity contribution in [1.82, 2.24) is 9.97 Å². The molecule has 0 aliphatic carbocycles. The fourth-order valence-corrected chi connectivity index (χ4v) is 1.57. The van der Waals surface area contributed by atoms with E-state index in [9.17, 15) is 0 Å². The molecular formula is C13H25N5. The normalized spacial score (nSPS) is 12.5. The lowest BCUT2D eigenvalue weighted by Gasteiger charge is -2.13. The number of nitrogens with one attached hydrogen (secondary N) is 2. The van der Waals surface area contributed by atoms with Gasteiger partial charge in [0.25, 0.3) is 0 Å². The Morgan fingerprint density at radius 3 is 2.61 bits per heavy atom. The Labute approximate surface area is 110 Å². The fraction of sp³-hybridized carbons (Fsp3) is 0.692. The van der Waals surface area contributed by atoms with E-state index in [1.165, 1.54) is 6.42 Å². The van der Waals surface area contributed by atoms with E-state index in [1.54, 1.807) is 6.33 Å². The van der Waals surface area contributed by atoms with E-state index in [0.717, 1.165) is 30.5 Å². The summed E-state index contributed by atoms with van der Waals surface area (Å²) in [5, 5.41) is 6.53. The lowest BCUT2D eigenvalue weighted by Crippen LogP contribution is -2.25. The van der Waals surface area contributed by atoms with Gasteiger partial charge >= 0.3 is 0 Å². The molecule has 0 saturated heterocycles. The van der Waals surface area contributed by atoms with Crippen molar-refractivity contribution in [2.75, 3.05) is 23.7 Å². The largest absolute Gasteiger partial charge is 0.370 e. The molecule has 0 spiro atoms. The van der Waals surface area contributed by atoms with Crippen LogP contribution in [-0.4, -0.2) is 29.1 Å². The third kappa shape index (κ3) is 5.82. The molecule has 0 fully saturated rings. The number of anilines is 2. The Morgan fingerprint density at radius 1 is 1.22 bits per heavy atom. The zero-order valence-corrected chi connectivity index (χ0v) is 11.6. The highest BCUT2D eigenvalue weighted by Gasteiger charge is 2.02. The van der Waals surface area contributed by atoms with E-state index in [-0.39, 0.29) is 6.04 Å². The van der Waals surface area contributed by atoms with Crippen molar-refractivity contribution in [3.8, 4) is 0 Å². The van der Waals surface area contributed by atoms with Gasteiger partial charge in [-0.05, 0) is 25.7 Å². The van der Waals surface area contributed by atoms with Gasteiger partial charge < -0.3 is 16.4 Å². The van der Waals surface area contributed by atoms with Gasteiger partial charge in [-0.15, -0.1) is 0 Å². The quantitative estimate of drug-likeness (QED) is 0.617. The number of nitrogens with two attached hydrogens (primary N) is 1. The van der Waals surface area contributed by atoms with Crippen LogP contribution < -0.4 is 16.4 Å². The standard InChI is InChI=1S/C13H25N5/c1-10(2)5-4-6-15-12-7-13(17-9-16-12)18-11(3)8-14/h7,9-11H,4-6,8,14H2,1-3H3,(H2,15,16,17,18). The lowest BCUT2D eigenvalue weighted by atomic mass is 10.1. The lowest BCUT2D eigenvalue weighted by molar-refractivity contribution is 0.566. The molecule has 0 aliphatic rings. The van der Waals surface area contributed by atoms with Crippen molar-refractivity contribution < 1.29 is 0 Å². The first-order valence-electron chi connectivity index (χ1n) is 6.64. The minimum Gasteiger partial charge on any atom is -0.370 e. The molecule has 0 bridgehead atoms. The molecule has 1 rings (SSSR count). The van der Waals surface area contributed by atoms with E-state index < -0.39 is 0 Å². The van der Waals surface area contributed by atoms with Gasteiger partial charge in [-0.2, -0.15) is 0 Å². The van der Waals surface area contributed by atoms with Gasteiger partial charge in [0.05, 0.1) is 0 Å². The highest BCUT2D eigenvalue weighted by Crippen LogP contribution is 2.10. The van der Waals surface area contributed by atoms with Crippen LogP contribution in [0.25, 0.3) is 0 Å². The zero-order chi connectivity index (χ0) is 13.4. The van der Waals surface area contributed by atoms with Gasteiger partial charge in [-0.25, -0.2) is 9.97 Å². The summed E-state index contributed by atoms with van der Waals surface area (Å²) < 4.78 is 0. The van der Waals surface area contributed by atoms with Crippen molar-refractivity contribution in [2.24, 2.45) is 11.7 Å². The number of hydrogen-bond donors (Lipinski definition) is 3. The Hall–Kier alpha value is -1.36. The van der Waals surface area contributed by atoms with Crippen LogP contribution in [0.1, 0.15) is 33.6 Å². The summed E-state index contributed by atoms with van der Waals surface area (Å²) in [6.07, 6.45) is 3.95. The summed E-state index contributed by atoms with van der Waals surface area (Å²) in [5.74, 6) is 2.43. The van der Waals surface area contributed by atoms with Crippen LogP contribution in [0.3, 0.4) is 0 Å². The smallest absolute Gasteiger partial charge is 0.131 e. The Balaban J connectivity index is 2.39. The van der Waals surface area contributed by atoms with Gasteiger partial charge in [0, 0.05) is 25.2 Å². The zero-order valence-electron chi connectivity index (χ0n) is 11.6. The van der Waals surface area contributed by atoms with Gasteiger partial charge in [0.2, 0.25) is 0 Å². The third-order valence-corrected chi connectivity index (χ3v) is 2.68. The van der Waals surface area contributed by atoms with Crippen LogP contribution in [0, 0.1) is 5.92 Å². The predicted octanol–water partition coefficient (Wildman–Crippen LogP) is 2.08. The molecular weight excluding hydrogens is 226 g/mol. The minimum absolute atomic E-state index is 0.216. The maximum atomic E-state index is 5.56. The van der Waals surface area contributed by atoms with Crippen LogP contribution >= 0.6 is 0 Å².